The molecule has 1 aromatic carbocycles. The van der Waals surface area contributed by atoms with Crippen LogP contribution in [0.25, 0.3) is 0 Å². The largest absolute Gasteiger partial charge is 0.287 e. The highest BCUT2D eigenvalue weighted by molar-refractivity contribution is 7.90. The smallest absolute Gasteiger partial charge is 0.211 e. The summed E-state index contributed by atoms with van der Waals surface area (Å²) in [4.78, 5) is 16.1. The van der Waals surface area contributed by atoms with Gasteiger partial charge in [-0.15, -0.1) is 0 Å². The lowest BCUT2D eigenvalue weighted by molar-refractivity contribution is 0.103. The van der Waals surface area contributed by atoms with Crippen LogP contribution in [-0.2, 0) is 9.84 Å². The van der Waals surface area contributed by atoms with Crippen LogP contribution < -0.4 is 0 Å². The van der Waals surface area contributed by atoms with Crippen LogP contribution in [0.1, 0.15) is 16.1 Å². The Morgan fingerprint density at radius 3 is 2.22 bits per heavy atom. The Bertz CT molecular complexity index is 661. The van der Waals surface area contributed by atoms with Crippen molar-refractivity contribution in [3.05, 3.63) is 59.9 Å². The molecule has 0 spiro atoms. The summed E-state index contributed by atoms with van der Waals surface area (Å²) >= 11 is 0. The molecular weight excluding hydrogens is 250 g/mol. The standard InChI is InChI=1S/C13H11NO3S/c1-18(16,17)11-7-5-10(6-8-11)13(15)12-4-2-3-9-14-12/h2-9H,1H3. The van der Waals surface area contributed by atoms with Gasteiger partial charge in [0.2, 0.25) is 5.78 Å². The normalized spacial score (nSPS) is 11.2. The second kappa shape index (κ2) is 4.70. The number of ketones is 1. The predicted octanol–water partition coefficient (Wildman–Crippen LogP) is 1.72. The third-order valence-electron chi connectivity index (χ3n) is 2.44. The van der Waals surface area contributed by atoms with Crippen LogP contribution in [0.15, 0.2) is 53.6 Å². The second-order valence-electron chi connectivity index (χ2n) is 3.84. The highest BCUT2D eigenvalue weighted by atomic mass is 32.2. The zero-order valence-corrected chi connectivity index (χ0v) is 10.5. The van der Waals surface area contributed by atoms with Gasteiger partial charge in [-0.25, -0.2) is 8.42 Å². The van der Waals surface area contributed by atoms with Gasteiger partial charge >= 0.3 is 0 Å². The molecule has 4 nitrogen and oxygen atoms in total. The fourth-order valence-electron chi connectivity index (χ4n) is 1.50. The molecule has 0 atom stereocenters. The van der Waals surface area contributed by atoms with E-state index in [0.29, 0.717) is 11.3 Å². The van der Waals surface area contributed by atoms with E-state index in [0.717, 1.165) is 6.26 Å². The molecule has 1 heterocycles. The van der Waals surface area contributed by atoms with E-state index in [1.54, 1.807) is 18.2 Å². The quantitative estimate of drug-likeness (QED) is 0.789. The lowest BCUT2D eigenvalue weighted by Crippen LogP contribution is -2.04. The van der Waals surface area contributed by atoms with Crippen LogP contribution in [0, 0.1) is 0 Å². The molecule has 5 heteroatoms. The fourth-order valence-corrected chi connectivity index (χ4v) is 2.13. The van der Waals surface area contributed by atoms with E-state index in [4.69, 9.17) is 0 Å². The lowest BCUT2D eigenvalue weighted by atomic mass is 10.1. The number of carbonyl (C=O) groups is 1. The molecule has 0 aliphatic rings. The first-order chi connectivity index (χ1) is 8.48. The van der Waals surface area contributed by atoms with Gasteiger partial charge in [0.05, 0.1) is 4.90 Å². The number of hydrogen-bond donors (Lipinski definition) is 0. The van der Waals surface area contributed by atoms with Gasteiger partial charge in [0, 0.05) is 18.0 Å². The Morgan fingerprint density at radius 1 is 1.06 bits per heavy atom. The van der Waals surface area contributed by atoms with Crippen molar-refractivity contribution < 1.29 is 13.2 Å². The van der Waals surface area contributed by atoms with Gasteiger partial charge in [0.15, 0.2) is 9.84 Å². The highest BCUT2D eigenvalue weighted by Crippen LogP contribution is 2.12. The summed E-state index contributed by atoms with van der Waals surface area (Å²) in [6.45, 7) is 0. The molecule has 0 N–H and O–H groups in total. The maximum Gasteiger partial charge on any atom is 0.211 e. The third kappa shape index (κ3) is 2.62. The zero-order valence-electron chi connectivity index (χ0n) is 9.70. The summed E-state index contributed by atoms with van der Waals surface area (Å²) in [5.74, 6) is -0.226. The van der Waals surface area contributed by atoms with E-state index < -0.39 is 9.84 Å². The summed E-state index contributed by atoms with van der Waals surface area (Å²) in [6, 6.07) is 10.9. The van der Waals surface area contributed by atoms with Gasteiger partial charge in [-0.1, -0.05) is 6.07 Å². The van der Waals surface area contributed by atoms with Gasteiger partial charge in [0.25, 0.3) is 0 Å². The first kappa shape index (κ1) is 12.4. The van der Waals surface area contributed by atoms with Crippen molar-refractivity contribution in [3.8, 4) is 0 Å². The van der Waals surface area contributed by atoms with Gasteiger partial charge in [0.1, 0.15) is 5.69 Å². The van der Waals surface area contributed by atoms with Crippen LogP contribution in [0.5, 0.6) is 0 Å². The molecule has 0 aliphatic carbocycles. The zero-order chi connectivity index (χ0) is 13.2. The van der Waals surface area contributed by atoms with E-state index in [1.807, 2.05) is 0 Å². The number of sulfone groups is 1. The van der Waals surface area contributed by atoms with E-state index in [9.17, 15) is 13.2 Å². The average molecular weight is 261 g/mol. The summed E-state index contributed by atoms with van der Waals surface area (Å²) in [6.07, 6.45) is 2.67. The molecule has 2 aromatic rings. The van der Waals surface area contributed by atoms with Crippen molar-refractivity contribution >= 4 is 15.6 Å². The maximum absolute atomic E-state index is 12.0. The Balaban J connectivity index is 2.34. The van der Waals surface area contributed by atoms with Crippen LogP contribution in [0.3, 0.4) is 0 Å². The van der Waals surface area contributed by atoms with Crippen LogP contribution in [0.2, 0.25) is 0 Å². The van der Waals surface area contributed by atoms with Crippen LogP contribution in [0.4, 0.5) is 0 Å². The van der Waals surface area contributed by atoms with E-state index >= 15 is 0 Å². The van der Waals surface area contributed by atoms with Crippen LogP contribution in [-0.4, -0.2) is 25.4 Å². The third-order valence-corrected chi connectivity index (χ3v) is 3.57. The SMILES string of the molecule is CS(=O)(=O)c1ccc(C(=O)c2ccccn2)cc1. The molecule has 2 rings (SSSR count). The summed E-state index contributed by atoms with van der Waals surface area (Å²) in [7, 11) is -3.24. The van der Waals surface area contributed by atoms with Crippen LogP contribution >= 0.6 is 0 Å². The molecule has 0 radical (unpaired) electrons. The minimum atomic E-state index is -3.24. The lowest BCUT2D eigenvalue weighted by Gasteiger charge is -2.02. The number of rotatable bonds is 3. The number of aromatic nitrogens is 1. The molecule has 0 fully saturated rings. The van der Waals surface area contributed by atoms with Crippen molar-refractivity contribution in [1.29, 1.82) is 0 Å². The molecular formula is C13H11NO3S. The second-order valence-corrected chi connectivity index (χ2v) is 5.86. The van der Waals surface area contributed by atoms with Crippen molar-refractivity contribution in [2.75, 3.05) is 6.26 Å². The fraction of sp³-hybridized carbons (Fsp3) is 0.0769. The highest BCUT2D eigenvalue weighted by Gasteiger charge is 2.12. The predicted molar refractivity (Wildman–Crippen MR) is 67.2 cm³/mol. The van der Waals surface area contributed by atoms with Gasteiger partial charge in [-0.2, -0.15) is 0 Å². The molecule has 0 amide bonds. The van der Waals surface area contributed by atoms with Crippen molar-refractivity contribution in [1.82, 2.24) is 4.98 Å². The molecule has 0 aliphatic heterocycles. The first-order valence-corrected chi connectivity index (χ1v) is 7.13. The minimum Gasteiger partial charge on any atom is -0.287 e. The van der Waals surface area contributed by atoms with E-state index in [2.05, 4.69) is 4.98 Å². The Hall–Kier alpha value is -2.01. The molecule has 0 unspecified atom stereocenters. The van der Waals surface area contributed by atoms with Crippen molar-refractivity contribution in [2.45, 2.75) is 4.90 Å². The number of hydrogen-bond acceptors (Lipinski definition) is 4. The number of carbonyl (C=O) groups excluding carboxylic acids is 1. The number of benzene rings is 1. The topological polar surface area (TPSA) is 64.1 Å². The maximum atomic E-state index is 12.0. The molecule has 0 saturated carbocycles. The van der Waals surface area contributed by atoms with E-state index in [1.165, 1.54) is 30.5 Å². The Labute approximate surface area is 105 Å². The molecule has 0 saturated heterocycles. The minimum absolute atomic E-state index is 0.195. The molecule has 0 bridgehead atoms. The van der Waals surface area contributed by atoms with Gasteiger partial charge < -0.3 is 0 Å². The number of nitrogens with zero attached hydrogens (tertiary/aromatic N) is 1. The monoisotopic (exact) mass is 261 g/mol. The molecule has 1 aromatic heterocycles. The van der Waals surface area contributed by atoms with Gasteiger partial charge in [-0.05, 0) is 36.4 Å². The number of pyridine rings is 1. The summed E-state index contributed by atoms with van der Waals surface area (Å²) < 4.78 is 22.6. The van der Waals surface area contributed by atoms with Crippen molar-refractivity contribution in [2.24, 2.45) is 0 Å². The molecule has 18 heavy (non-hydrogen) atoms. The Morgan fingerprint density at radius 2 is 1.72 bits per heavy atom. The summed E-state index contributed by atoms with van der Waals surface area (Å²) in [5.41, 5.74) is 0.755. The Kier molecular flexibility index (Phi) is 3.25. The van der Waals surface area contributed by atoms with E-state index in [-0.39, 0.29) is 10.7 Å². The van der Waals surface area contributed by atoms with Gasteiger partial charge in [-0.3, -0.25) is 9.78 Å². The van der Waals surface area contributed by atoms with Crippen molar-refractivity contribution in [3.63, 3.8) is 0 Å². The molecule has 92 valence electrons. The summed E-state index contributed by atoms with van der Waals surface area (Å²) in [5, 5.41) is 0. The first-order valence-electron chi connectivity index (χ1n) is 5.24. The average Bonchev–Trinajstić information content (AvgIpc) is 2.38.